The van der Waals surface area contributed by atoms with Crippen LogP contribution in [0.3, 0.4) is 0 Å². The highest BCUT2D eigenvalue weighted by atomic mass is 35.5. The van der Waals surface area contributed by atoms with E-state index in [1.165, 1.54) is 6.07 Å². The van der Waals surface area contributed by atoms with E-state index >= 15 is 0 Å². The van der Waals surface area contributed by atoms with Crippen molar-refractivity contribution in [2.24, 2.45) is 0 Å². The summed E-state index contributed by atoms with van der Waals surface area (Å²) < 4.78 is 27.9. The predicted octanol–water partition coefficient (Wildman–Crippen LogP) is 4.81. The van der Waals surface area contributed by atoms with Crippen LogP contribution in [-0.2, 0) is 24.2 Å². The molecule has 1 aromatic heterocycles. The summed E-state index contributed by atoms with van der Waals surface area (Å²) in [4.78, 5) is 12.7. The molecule has 0 radical (unpaired) electrons. The van der Waals surface area contributed by atoms with E-state index in [9.17, 15) is 9.18 Å². The van der Waals surface area contributed by atoms with Crippen LogP contribution in [-0.4, -0.2) is 33.9 Å². The van der Waals surface area contributed by atoms with E-state index in [2.05, 4.69) is 20.1 Å². The van der Waals surface area contributed by atoms with Crippen LogP contribution in [0.15, 0.2) is 30.3 Å². The summed E-state index contributed by atoms with van der Waals surface area (Å²) in [7, 11) is 0. The maximum absolute atomic E-state index is 14.5. The fourth-order valence-electron chi connectivity index (χ4n) is 4.22. The molecule has 1 amide bonds. The van der Waals surface area contributed by atoms with Crippen LogP contribution in [0.4, 0.5) is 10.1 Å². The van der Waals surface area contributed by atoms with Gasteiger partial charge in [0, 0.05) is 24.9 Å². The van der Waals surface area contributed by atoms with Crippen molar-refractivity contribution in [2.75, 3.05) is 18.5 Å². The Bertz CT molecular complexity index is 1200. The molecular weight excluding hydrogens is 447 g/mol. The van der Waals surface area contributed by atoms with E-state index in [1.54, 1.807) is 24.3 Å². The normalized spacial score (nSPS) is 15.3. The van der Waals surface area contributed by atoms with Crippen molar-refractivity contribution in [1.29, 1.82) is 0 Å². The van der Waals surface area contributed by atoms with E-state index in [4.69, 9.17) is 21.1 Å². The largest absolute Gasteiger partial charge is 0.489 e. The van der Waals surface area contributed by atoms with Crippen molar-refractivity contribution in [2.45, 2.75) is 45.1 Å². The third kappa shape index (κ3) is 4.66. The molecule has 2 aliphatic rings. The van der Waals surface area contributed by atoms with Gasteiger partial charge in [0.1, 0.15) is 11.6 Å². The van der Waals surface area contributed by atoms with Crippen LogP contribution < -0.4 is 14.8 Å². The van der Waals surface area contributed by atoms with Gasteiger partial charge in [0.2, 0.25) is 5.91 Å². The Balaban J connectivity index is 1.35. The minimum Gasteiger partial charge on any atom is -0.489 e. The lowest BCUT2D eigenvalue weighted by Gasteiger charge is -2.13. The summed E-state index contributed by atoms with van der Waals surface area (Å²) in [6.07, 6.45) is 4.95. The van der Waals surface area contributed by atoms with Gasteiger partial charge in [0.15, 0.2) is 17.3 Å². The predicted molar refractivity (Wildman–Crippen MR) is 122 cm³/mol. The first kappa shape index (κ1) is 21.7. The number of benzene rings is 2. The first-order valence-corrected chi connectivity index (χ1v) is 11.6. The Morgan fingerprint density at radius 2 is 1.97 bits per heavy atom. The highest BCUT2D eigenvalue weighted by Crippen LogP contribution is 2.38. The molecule has 0 unspecified atom stereocenters. The Morgan fingerprint density at radius 1 is 1.09 bits per heavy atom. The summed E-state index contributed by atoms with van der Waals surface area (Å²) in [5.74, 6) is 1.77. The van der Waals surface area contributed by atoms with Gasteiger partial charge < -0.3 is 19.4 Å². The number of fused-ring (bicyclic) bond motifs is 2. The van der Waals surface area contributed by atoms with Gasteiger partial charge in [-0.05, 0) is 48.7 Å². The summed E-state index contributed by atoms with van der Waals surface area (Å²) in [5.41, 5.74) is 1.47. The average Bonchev–Trinajstić information content (AvgIpc) is 2.95. The molecule has 9 heteroatoms. The quantitative estimate of drug-likeness (QED) is 0.592. The average molecular weight is 471 g/mol. The van der Waals surface area contributed by atoms with E-state index < -0.39 is 5.82 Å². The fourth-order valence-corrected chi connectivity index (χ4v) is 4.51. The summed E-state index contributed by atoms with van der Waals surface area (Å²) in [6.45, 7) is 1.88. The van der Waals surface area contributed by atoms with Gasteiger partial charge in [-0.1, -0.05) is 18.0 Å². The summed E-state index contributed by atoms with van der Waals surface area (Å²) >= 11 is 6.32. The molecule has 0 saturated heterocycles. The number of nitrogens with zero attached hydrogens (tertiary/aromatic N) is 3. The molecule has 7 nitrogen and oxygen atoms in total. The molecule has 0 atom stereocenters. The highest BCUT2D eigenvalue weighted by Gasteiger charge is 2.19. The molecule has 0 saturated carbocycles. The van der Waals surface area contributed by atoms with Gasteiger partial charge in [0.25, 0.3) is 0 Å². The Morgan fingerprint density at radius 3 is 2.88 bits per heavy atom. The number of rotatable bonds is 4. The van der Waals surface area contributed by atoms with Gasteiger partial charge in [-0.15, -0.1) is 10.2 Å². The number of anilines is 1. The minimum atomic E-state index is -0.514. The molecule has 2 aliphatic heterocycles. The molecule has 5 rings (SSSR count). The van der Waals surface area contributed by atoms with Crippen molar-refractivity contribution in [3.8, 4) is 22.9 Å². The van der Waals surface area contributed by atoms with Gasteiger partial charge >= 0.3 is 0 Å². The van der Waals surface area contributed by atoms with Crippen molar-refractivity contribution in [3.05, 3.63) is 52.6 Å². The maximum atomic E-state index is 14.5. The molecule has 2 aromatic carbocycles. The molecular formula is C24H24ClFN4O3. The maximum Gasteiger partial charge on any atom is 0.228 e. The second-order valence-electron chi connectivity index (χ2n) is 8.28. The third-order valence-corrected chi connectivity index (χ3v) is 6.12. The molecule has 3 heterocycles. The van der Waals surface area contributed by atoms with E-state index in [0.717, 1.165) is 44.5 Å². The van der Waals surface area contributed by atoms with Crippen molar-refractivity contribution < 1.29 is 18.7 Å². The molecule has 0 fully saturated rings. The number of amides is 1. The van der Waals surface area contributed by atoms with E-state index in [-0.39, 0.29) is 18.0 Å². The molecule has 3 aromatic rings. The fraction of sp³-hybridized carbons (Fsp3) is 0.375. The Labute approximate surface area is 195 Å². The van der Waals surface area contributed by atoms with Gasteiger partial charge in [-0.25, -0.2) is 4.39 Å². The number of carbonyl (C=O) groups excluding carboxylic acids is 1. The number of halogens is 2. The SMILES string of the molecule is O=C(Cc1cc(Cl)c2c(c1)OCCCO2)Nc1cc(-c2nnc3n2CCCCC3)ccc1F. The van der Waals surface area contributed by atoms with Crippen molar-refractivity contribution >= 4 is 23.2 Å². The number of aromatic nitrogens is 3. The zero-order valence-electron chi connectivity index (χ0n) is 18.1. The molecule has 172 valence electrons. The first-order valence-electron chi connectivity index (χ1n) is 11.2. The number of nitrogens with one attached hydrogen (secondary N) is 1. The minimum absolute atomic E-state index is 0.0142. The molecule has 0 aliphatic carbocycles. The van der Waals surface area contributed by atoms with E-state index in [1.807, 2.05) is 0 Å². The van der Waals surface area contributed by atoms with Gasteiger partial charge in [0.05, 0.1) is 30.3 Å². The first-order chi connectivity index (χ1) is 16.1. The second kappa shape index (κ2) is 9.39. The molecule has 33 heavy (non-hydrogen) atoms. The highest BCUT2D eigenvalue weighted by molar-refractivity contribution is 6.32. The molecule has 0 bridgehead atoms. The molecule has 0 spiro atoms. The number of aryl methyl sites for hydroxylation is 1. The van der Waals surface area contributed by atoms with Crippen LogP contribution in [0.5, 0.6) is 11.5 Å². The lowest BCUT2D eigenvalue weighted by Crippen LogP contribution is -2.15. The lowest BCUT2D eigenvalue weighted by molar-refractivity contribution is -0.115. The smallest absolute Gasteiger partial charge is 0.228 e. The number of hydrogen-bond donors (Lipinski definition) is 1. The summed E-state index contributed by atoms with van der Waals surface area (Å²) in [5, 5.41) is 11.7. The zero-order valence-corrected chi connectivity index (χ0v) is 18.8. The monoisotopic (exact) mass is 470 g/mol. The molecule has 1 N–H and O–H groups in total. The van der Waals surface area contributed by atoms with Crippen molar-refractivity contribution in [3.63, 3.8) is 0 Å². The number of ether oxygens (including phenoxy) is 2. The zero-order chi connectivity index (χ0) is 22.8. The van der Waals surface area contributed by atoms with Crippen LogP contribution >= 0.6 is 11.6 Å². The van der Waals surface area contributed by atoms with Crippen LogP contribution in [0, 0.1) is 5.82 Å². The standard InChI is InChI=1S/C24H24ClFN4O3/c25-17-11-15(12-20-23(17)33-10-4-9-32-20)13-22(31)27-19-14-16(6-7-18(19)26)24-29-28-21-5-2-1-3-8-30(21)24/h6-7,11-12,14H,1-5,8-10,13H2,(H,27,31). The topological polar surface area (TPSA) is 78.3 Å². The van der Waals surface area contributed by atoms with Crippen molar-refractivity contribution in [1.82, 2.24) is 14.8 Å². The van der Waals surface area contributed by atoms with Crippen LogP contribution in [0.25, 0.3) is 11.4 Å². The Hall–Kier alpha value is -3.13. The van der Waals surface area contributed by atoms with Gasteiger partial charge in [-0.2, -0.15) is 0 Å². The Kier molecular flexibility index (Phi) is 6.17. The third-order valence-electron chi connectivity index (χ3n) is 5.83. The number of carbonyl (C=O) groups is 1. The van der Waals surface area contributed by atoms with Gasteiger partial charge in [-0.3, -0.25) is 4.79 Å². The lowest BCUT2D eigenvalue weighted by atomic mass is 10.1. The number of hydrogen-bond acceptors (Lipinski definition) is 5. The van der Waals surface area contributed by atoms with Crippen LogP contribution in [0.2, 0.25) is 5.02 Å². The second-order valence-corrected chi connectivity index (χ2v) is 8.68. The summed E-state index contributed by atoms with van der Waals surface area (Å²) in [6, 6.07) is 8.03. The van der Waals surface area contributed by atoms with Crippen LogP contribution in [0.1, 0.15) is 37.1 Å². The van der Waals surface area contributed by atoms with E-state index in [0.29, 0.717) is 46.7 Å².